The van der Waals surface area contributed by atoms with Crippen molar-refractivity contribution in [3.63, 3.8) is 0 Å². The molecule has 18 nitrogen and oxygen atoms in total. The van der Waals surface area contributed by atoms with Crippen LogP contribution in [0.4, 0.5) is 0 Å². The number of amides is 1. The highest BCUT2D eigenvalue weighted by Gasteiger charge is 2.56. The topological polar surface area (TPSA) is 235 Å². The molecule has 0 aromatic carbocycles. The van der Waals surface area contributed by atoms with E-state index in [-0.39, 0.29) is 0 Å². The zero-order chi connectivity index (χ0) is 33.3. The van der Waals surface area contributed by atoms with Crippen LogP contribution in [-0.4, -0.2) is 121 Å². The van der Waals surface area contributed by atoms with Crippen molar-refractivity contribution in [2.24, 2.45) is 0 Å². The van der Waals surface area contributed by atoms with E-state index in [0.29, 0.717) is 0 Å². The summed E-state index contributed by atoms with van der Waals surface area (Å²) in [7, 11) is 0. The van der Waals surface area contributed by atoms with Crippen LogP contribution in [0.25, 0.3) is 0 Å². The van der Waals surface area contributed by atoms with Crippen molar-refractivity contribution in [3.8, 4) is 0 Å². The third kappa shape index (κ3) is 10.7. The summed E-state index contributed by atoms with van der Waals surface area (Å²) in [5, 5.41) is 13.3. The van der Waals surface area contributed by atoms with Gasteiger partial charge < -0.3 is 53.1 Å². The van der Waals surface area contributed by atoms with E-state index in [2.05, 4.69) is 5.32 Å². The SMILES string of the molecule is CC(=O)NC1[C@H](O[C@@H]2C(OC(C)=O)[C@@H](O)OC(COC(C)=O)[C@@H]2OC(C)=O)OC(COC(C)=O)[C@@H](OC(C)=O)[C@@H]1OC(C)=O. The minimum atomic E-state index is -1.92. The molecule has 4 unspecified atom stereocenters. The Hall–Kier alpha value is -3.87. The highest BCUT2D eigenvalue weighted by molar-refractivity contribution is 5.74. The van der Waals surface area contributed by atoms with Crippen LogP contribution in [0.15, 0.2) is 0 Å². The largest absolute Gasteiger partial charge is 0.463 e. The summed E-state index contributed by atoms with van der Waals surface area (Å²) in [5.74, 6) is -5.65. The molecule has 0 bridgehead atoms. The maximum atomic E-state index is 12.3. The third-order valence-corrected chi connectivity index (χ3v) is 6.03. The van der Waals surface area contributed by atoms with Crippen molar-refractivity contribution < 1.29 is 81.3 Å². The minimum Gasteiger partial charge on any atom is -0.463 e. The standard InChI is InChI=1S/C26H37NO17/c1-10(28)27-19-22(40-15(6)33)20(38-13(4)31)18(9-37-12(3)30)43-26(19)44-23-21(39-14(5)32)17(8-36-11(2)29)42-25(35)24(23)41-16(7)34/h17-26,35H,8-9H2,1-7H3,(H,27,28)/t17?,18?,19?,20-,21+,22-,23+,24?,25+,26+/m1/s1. The molecular weight excluding hydrogens is 598 g/mol. The number of esters is 6. The molecular formula is C26H37NO17. The molecule has 2 heterocycles. The smallest absolute Gasteiger partial charge is 0.303 e. The van der Waals surface area contributed by atoms with Crippen LogP contribution in [0.3, 0.4) is 0 Å². The molecule has 1 amide bonds. The van der Waals surface area contributed by atoms with Gasteiger partial charge in [-0.05, 0) is 0 Å². The molecule has 2 aliphatic rings. The second-order valence-electron chi connectivity index (χ2n) is 9.84. The fourth-order valence-electron chi connectivity index (χ4n) is 4.60. The molecule has 10 atom stereocenters. The van der Waals surface area contributed by atoms with Gasteiger partial charge in [0.25, 0.3) is 0 Å². The molecule has 0 saturated carbocycles. The van der Waals surface area contributed by atoms with Crippen molar-refractivity contribution in [1.29, 1.82) is 0 Å². The van der Waals surface area contributed by atoms with E-state index in [1.807, 2.05) is 0 Å². The van der Waals surface area contributed by atoms with Gasteiger partial charge in [0.05, 0.1) is 0 Å². The fourth-order valence-corrected chi connectivity index (χ4v) is 4.60. The molecule has 0 aliphatic carbocycles. The molecule has 0 radical (unpaired) electrons. The monoisotopic (exact) mass is 635 g/mol. The number of hydrogen-bond donors (Lipinski definition) is 2. The first-order valence-electron chi connectivity index (χ1n) is 13.4. The lowest BCUT2D eigenvalue weighted by Crippen LogP contribution is -2.69. The first-order valence-corrected chi connectivity index (χ1v) is 13.4. The van der Waals surface area contributed by atoms with Crippen LogP contribution < -0.4 is 5.32 Å². The van der Waals surface area contributed by atoms with Crippen molar-refractivity contribution in [3.05, 3.63) is 0 Å². The Bertz CT molecular complexity index is 1090. The highest BCUT2D eigenvalue weighted by Crippen LogP contribution is 2.33. The van der Waals surface area contributed by atoms with E-state index in [1.165, 1.54) is 0 Å². The average molecular weight is 636 g/mol. The lowest BCUT2D eigenvalue weighted by atomic mass is 9.94. The molecule has 2 saturated heterocycles. The Morgan fingerprint density at radius 2 is 0.977 bits per heavy atom. The summed E-state index contributed by atoms with van der Waals surface area (Å²) in [4.78, 5) is 83.7. The summed E-state index contributed by atoms with van der Waals surface area (Å²) in [6, 6.07) is -1.46. The summed E-state index contributed by atoms with van der Waals surface area (Å²) < 4.78 is 49.0. The summed E-state index contributed by atoms with van der Waals surface area (Å²) in [6.07, 6.45) is -14.2. The Kier molecular flexibility index (Phi) is 13.4. The van der Waals surface area contributed by atoms with Crippen molar-refractivity contribution >= 4 is 41.7 Å². The van der Waals surface area contributed by atoms with E-state index in [0.717, 1.165) is 48.5 Å². The van der Waals surface area contributed by atoms with Gasteiger partial charge in [-0.2, -0.15) is 0 Å². The van der Waals surface area contributed by atoms with Gasteiger partial charge in [0, 0.05) is 48.5 Å². The Morgan fingerprint density at radius 1 is 0.568 bits per heavy atom. The third-order valence-electron chi connectivity index (χ3n) is 6.03. The van der Waals surface area contributed by atoms with Crippen molar-refractivity contribution in [2.45, 2.75) is 110 Å². The van der Waals surface area contributed by atoms with Crippen LogP contribution in [0, 0.1) is 0 Å². The second-order valence-corrected chi connectivity index (χ2v) is 9.84. The zero-order valence-corrected chi connectivity index (χ0v) is 25.2. The van der Waals surface area contributed by atoms with Gasteiger partial charge >= 0.3 is 35.8 Å². The minimum absolute atomic E-state index is 0.544. The van der Waals surface area contributed by atoms with Gasteiger partial charge in [-0.25, -0.2) is 0 Å². The van der Waals surface area contributed by atoms with Gasteiger partial charge in [0.2, 0.25) is 5.91 Å². The van der Waals surface area contributed by atoms with E-state index in [1.54, 1.807) is 0 Å². The van der Waals surface area contributed by atoms with Gasteiger partial charge in [0.15, 0.2) is 37.0 Å². The molecule has 0 aromatic rings. The summed E-state index contributed by atoms with van der Waals surface area (Å²) in [6.45, 7) is 6.38. The maximum absolute atomic E-state index is 12.3. The lowest BCUT2D eigenvalue weighted by molar-refractivity contribution is -0.344. The number of nitrogens with one attached hydrogen (secondary N) is 1. The average Bonchev–Trinajstić information content (AvgIpc) is 2.87. The number of rotatable bonds is 11. The highest BCUT2D eigenvalue weighted by atomic mass is 16.7. The first kappa shape index (κ1) is 36.3. The van der Waals surface area contributed by atoms with Crippen LogP contribution in [0.5, 0.6) is 0 Å². The molecule has 0 spiro atoms. The van der Waals surface area contributed by atoms with Crippen LogP contribution in [-0.2, 0) is 76.2 Å². The zero-order valence-electron chi connectivity index (χ0n) is 25.2. The number of aliphatic hydroxyl groups excluding tert-OH is 1. The number of ether oxygens (including phenoxy) is 9. The van der Waals surface area contributed by atoms with Gasteiger partial charge in [-0.1, -0.05) is 0 Å². The molecule has 2 fully saturated rings. The van der Waals surface area contributed by atoms with E-state index in [9.17, 15) is 38.7 Å². The molecule has 44 heavy (non-hydrogen) atoms. The molecule has 0 aromatic heterocycles. The number of carbonyl (C=O) groups is 7. The first-order chi connectivity index (χ1) is 20.5. The van der Waals surface area contributed by atoms with Crippen molar-refractivity contribution in [2.75, 3.05) is 13.2 Å². The molecule has 18 heteroatoms. The summed E-state index contributed by atoms with van der Waals surface area (Å²) >= 11 is 0. The molecule has 2 rings (SSSR count). The summed E-state index contributed by atoms with van der Waals surface area (Å²) in [5.41, 5.74) is 0. The van der Waals surface area contributed by atoms with E-state index >= 15 is 0 Å². The number of carbonyl (C=O) groups excluding carboxylic acids is 7. The fraction of sp³-hybridized carbons (Fsp3) is 0.731. The molecule has 248 valence electrons. The van der Waals surface area contributed by atoms with E-state index in [4.69, 9.17) is 42.6 Å². The number of hydrogen-bond acceptors (Lipinski definition) is 17. The second kappa shape index (κ2) is 16.3. The van der Waals surface area contributed by atoms with Gasteiger partial charge in [-0.15, -0.1) is 0 Å². The Morgan fingerprint density at radius 3 is 1.41 bits per heavy atom. The maximum Gasteiger partial charge on any atom is 0.303 e. The lowest BCUT2D eigenvalue weighted by Gasteiger charge is -2.48. The normalized spacial score (nSPS) is 31.5. The Balaban J connectivity index is 2.66. The quantitative estimate of drug-likeness (QED) is 0.188. The van der Waals surface area contributed by atoms with E-state index < -0.39 is 116 Å². The van der Waals surface area contributed by atoms with Gasteiger partial charge in [0.1, 0.15) is 37.6 Å². The molecule has 2 N–H and O–H groups in total. The predicted octanol–water partition coefficient (Wildman–Crippen LogP) is -1.83. The van der Waals surface area contributed by atoms with Crippen LogP contribution in [0.2, 0.25) is 0 Å². The van der Waals surface area contributed by atoms with Crippen LogP contribution in [0.1, 0.15) is 48.5 Å². The van der Waals surface area contributed by atoms with Crippen molar-refractivity contribution in [1.82, 2.24) is 5.32 Å². The predicted molar refractivity (Wildman–Crippen MR) is 138 cm³/mol. The van der Waals surface area contributed by atoms with Gasteiger partial charge in [-0.3, -0.25) is 33.6 Å². The van der Waals surface area contributed by atoms with Crippen LogP contribution >= 0.6 is 0 Å². The molecule has 2 aliphatic heterocycles. The number of aliphatic hydroxyl groups is 1. The Labute approximate surface area is 251 Å².